The summed E-state index contributed by atoms with van der Waals surface area (Å²) in [5.41, 5.74) is 1.77. The first-order valence-corrected chi connectivity index (χ1v) is 8.76. The summed E-state index contributed by atoms with van der Waals surface area (Å²) >= 11 is 0. The average Bonchev–Trinajstić information content (AvgIpc) is 2.62. The number of hydrogen-bond acceptors (Lipinski definition) is 3. The van der Waals surface area contributed by atoms with Gasteiger partial charge in [0.2, 0.25) is 0 Å². The zero-order valence-electron chi connectivity index (χ0n) is 13.6. The maximum absolute atomic E-state index is 12.5. The van der Waals surface area contributed by atoms with E-state index in [0.717, 1.165) is 32.4 Å². The molecule has 3 rings (SSSR count). The fraction of sp³-hybridized carbons (Fsp3) is 0.667. The molecule has 120 valence electrons. The molecule has 3 heterocycles. The van der Waals surface area contributed by atoms with Gasteiger partial charge in [0, 0.05) is 25.3 Å². The number of nitrogens with zero attached hydrogens (tertiary/aromatic N) is 3. The van der Waals surface area contributed by atoms with Gasteiger partial charge in [-0.2, -0.15) is 0 Å². The number of carbonyl (C=O) groups is 1. The molecule has 4 nitrogen and oxygen atoms in total. The molecule has 1 aromatic rings. The van der Waals surface area contributed by atoms with Crippen LogP contribution in [0.4, 0.5) is 0 Å². The van der Waals surface area contributed by atoms with Crippen LogP contribution in [-0.2, 0) is 6.42 Å². The normalized spacial score (nSPS) is 21.0. The van der Waals surface area contributed by atoms with Crippen molar-refractivity contribution in [1.29, 1.82) is 0 Å². The molecule has 0 spiro atoms. The number of hydrogen-bond donors (Lipinski definition) is 0. The maximum Gasteiger partial charge on any atom is 0.272 e. The third-order valence-electron chi connectivity index (χ3n) is 5.11. The van der Waals surface area contributed by atoms with Crippen LogP contribution in [0.2, 0.25) is 0 Å². The topological polar surface area (TPSA) is 36.4 Å². The number of amides is 1. The first kappa shape index (κ1) is 15.5. The lowest BCUT2D eigenvalue weighted by Gasteiger charge is -2.40. The highest BCUT2D eigenvalue weighted by Gasteiger charge is 2.28. The molecule has 0 aromatic carbocycles. The van der Waals surface area contributed by atoms with Crippen molar-refractivity contribution in [2.24, 2.45) is 0 Å². The molecule has 1 aromatic heterocycles. The van der Waals surface area contributed by atoms with Gasteiger partial charge in [0.15, 0.2) is 0 Å². The lowest BCUT2D eigenvalue weighted by molar-refractivity contribution is 0.0585. The Morgan fingerprint density at radius 2 is 1.86 bits per heavy atom. The predicted octanol–water partition coefficient (Wildman–Crippen LogP) is 2.73. The van der Waals surface area contributed by atoms with Gasteiger partial charge in [-0.25, -0.2) is 0 Å². The Hall–Kier alpha value is -1.42. The predicted molar refractivity (Wildman–Crippen MR) is 88.0 cm³/mol. The summed E-state index contributed by atoms with van der Waals surface area (Å²) in [4.78, 5) is 21.5. The Bertz CT molecular complexity index is 486. The summed E-state index contributed by atoms with van der Waals surface area (Å²) < 4.78 is 0. The van der Waals surface area contributed by atoms with Crippen molar-refractivity contribution in [3.8, 4) is 0 Å². The van der Waals surface area contributed by atoms with Crippen molar-refractivity contribution in [3.05, 3.63) is 29.6 Å². The zero-order valence-corrected chi connectivity index (χ0v) is 13.6. The summed E-state index contributed by atoms with van der Waals surface area (Å²) in [6.45, 7) is 6.34. The minimum absolute atomic E-state index is 0.0970. The van der Waals surface area contributed by atoms with Crippen molar-refractivity contribution >= 4 is 5.91 Å². The Kier molecular flexibility index (Phi) is 5.08. The van der Waals surface area contributed by atoms with E-state index < -0.39 is 0 Å². The van der Waals surface area contributed by atoms with Gasteiger partial charge in [0.05, 0.1) is 0 Å². The van der Waals surface area contributed by atoms with Crippen molar-refractivity contribution in [2.75, 3.05) is 26.2 Å². The van der Waals surface area contributed by atoms with E-state index in [9.17, 15) is 4.79 Å². The van der Waals surface area contributed by atoms with E-state index in [4.69, 9.17) is 0 Å². The summed E-state index contributed by atoms with van der Waals surface area (Å²) in [6, 6.07) is 4.57. The average molecular weight is 301 g/mol. The zero-order chi connectivity index (χ0) is 15.4. The lowest BCUT2D eigenvalue weighted by atomic mass is 9.99. The monoisotopic (exact) mass is 301 g/mol. The molecule has 0 N–H and O–H groups in total. The Morgan fingerprint density at radius 1 is 1.14 bits per heavy atom. The highest BCUT2D eigenvalue weighted by atomic mass is 16.2. The van der Waals surface area contributed by atoms with Crippen molar-refractivity contribution in [3.63, 3.8) is 0 Å². The molecule has 0 aliphatic carbocycles. The standard InChI is InChI=1S/C18H27N3O/c1-2-15-6-7-17(19-14-15)18(22)21-12-8-16(9-13-21)20-10-4-3-5-11-20/h6-7,14,16H,2-5,8-13H2,1H3. The number of carbonyl (C=O) groups excluding carboxylic acids is 1. The van der Waals surface area contributed by atoms with Crippen LogP contribution in [0.25, 0.3) is 0 Å². The molecule has 0 radical (unpaired) electrons. The highest BCUT2D eigenvalue weighted by molar-refractivity contribution is 5.92. The van der Waals surface area contributed by atoms with Gasteiger partial charge < -0.3 is 9.80 Å². The van der Waals surface area contributed by atoms with E-state index in [2.05, 4.69) is 16.8 Å². The van der Waals surface area contributed by atoms with Crippen molar-refractivity contribution < 1.29 is 4.79 Å². The Morgan fingerprint density at radius 3 is 2.45 bits per heavy atom. The first-order valence-electron chi connectivity index (χ1n) is 8.76. The summed E-state index contributed by atoms with van der Waals surface area (Å²) in [7, 11) is 0. The number of pyridine rings is 1. The van der Waals surface area contributed by atoms with Gasteiger partial charge in [-0.1, -0.05) is 19.4 Å². The van der Waals surface area contributed by atoms with E-state index in [1.807, 2.05) is 23.2 Å². The van der Waals surface area contributed by atoms with E-state index in [1.54, 1.807) is 0 Å². The van der Waals surface area contributed by atoms with Crippen LogP contribution in [-0.4, -0.2) is 52.9 Å². The number of aromatic nitrogens is 1. The molecular formula is C18H27N3O. The summed E-state index contributed by atoms with van der Waals surface area (Å²) in [5.74, 6) is 0.0970. The second-order valence-corrected chi connectivity index (χ2v) is 6.53. The van der Waals surface area contributed by atoms with Gasteiger partial charge in [-0.15, -0.1) is 0 Å². The van der Waals surface area contributed by atoms with E-state index in [1.165, 1.54) is 37.9 Å². The van der Waals surface area contributed by atoms with E-state index in [0.29, 0.717) is 11.7 Å². The Balaban J connectivity index is 1.54. The molecule has 4 heteroatoms. The number of piperidine rings is 2. The van der Waals surface area contributed by atoms with Gasteiger partial charge in [0.25, 0.3) is 5.91 Å². The first-order chi connectivity index (χ1) is 10.8. The molecular weight excluding hydrogens is 274 g/mol. The third-order valence-corrected chi connectivity index (χ3v) is 5.11. The summed E-state index contributed by atoms with van der Waals surface area (Å²) in [5, 5.41) is 0. The van der Waals surface area contributed by atoms with E-state index >= 15 is 0 Å². The molecule has 0 atom stereocenters. The molecule has 1 amide bonds. The number of likely N-dealkylation sites (tertiary alicyclic amines) is 2. The molecule has 22 heavy (non-hydrogen) atoms. The largest absolute Gasteiger partial charge is 0.337 e. The Labute approximate surface area is 133 Å². The van der Waals surface area contributed by atoms with Gasteiger partial charge >= 0.3 is 0 Å². The van der Waals surface area contributed by atoms with Gasteiger partial charge in [0.1, 0.15) is 5.69 Å². The second kappa shape index (κ2) is 7.23. The second-order valence-electron chi connectivity index (χ2n) is 6.53. The van der Waals surface area contributed by atoms with Crippen LogP contribution in [0.5, 0.6) is 0 Å². The smallest absolute Gasteiger partial charge is 0.272 e. The molecule has 0 bridgehead atoms. The molecule has 0 saturated carbocycles. The lowest BCUT2D eigenvalue weighted by Crippen LogP contribution is -2.48. The third kappa shape index (κ3) is 3.49. The van der Waals surface area contributed by atoms with Crippen LogP contribution < -0.4 is 0 Å². The quantitative estimate of drug-likeness (QED) is 0.861. The molecule has 0 unspecified atom stereocenters. The highest BCUT2D eigenvalue weighted by Crippen LogP contribution is 2.21. The van der Waals surface area contributed by atoms with Crippen molar-refractivity contribution in [2.45, 2.75) is 51.5 Å². The maximum atomic E-state index is 12.5. The van der Waals surface area contributed by atoms with Crippen LogP contribution >= 0.6 is 0 Å². The number of rotatable bonds is 3. The fourth-order valence-electron chi connectivity index (χ4n) is 3.64. The SMILES string of the molecule is CCc1ccc(C(=O)N2CCC(N3CCCCC3)CC2)nc1. The number of aryl methyl sites for hydroxylation is 1. The van der Waals surface area contributed by atoms with Gasteiger partial charge in [-0.3, -0.25) is 9.78 Å². The fourth-order valence-corrected chi connectivity index (χ4v) is 3.64. The molecule has 2 saturated heterocycles. The van der Waals surface area contributed by atoms with Gasteiger partial charge in [-0.05, 0) is 56.8 Å². The van der Waals surface area contributed by atoms with Crippen LogP contribution in [0.15, 0.2) is 18.3 Å². The summed E-state index contributed by atoms with van der Waals surface area (Å²) in [6.07, 6.45) is 9.07. The minimum atomic E-state index is 0.0970. The van der Waals surface area contributed by atoms with Crippen LogP contribution in [0, 0.1) is 0 Å². The van der Waals surface area contributed by atoms with Crippen LogP contribution in [0.1, 0.15) is 55.1 Å². The minimum Gasteiger partial charge on any atom is -0.337 e. The molecule has 2 aliphatic rings. The van der Waals surface area contributed by atoms with Crippen LogP contribution in [0.3, 0.4) is 0 Å². The molecule has 2 fully saturated rings. The van der Waals surface area contributed by atoms with Crippen molar-refractivity contribution in [1.82, 2.24) is 14.8 Å². The molecule has 2 aliphatic heterocycles. The van der Waals surface area contributed by atoms with E-state index in [-0.39, 0.29) is 5.91 Å².